The minimum absolute atomic E-state index is 0.0875. The minimum atomic E-state index is -0.941. The number of hydrogen-bond acceptors (Lipinski definition) is 1. The summed E-state index contributed by atoms with van der Waals surface area (Å²) in [5.74, 6) is -1.27. The molecular formula is C15H13BrF2O. The number of hydrogen-bond donors (Lipinski definition) is 1. The van der Waals surface area contributed by atoms with Crippen molar-refractivity contribution in [3.8, 4) is 0 Å². The van der Waals surface area contributed by atoms with Crippen molar-refractivity contribution in [3.05, 3.63) is 69.2 Å². The van der Waals surface area contributed by atoms with Gasteiger partial charge in [0.15, 0.2) is 0 Å². The Kier molecular flexibility index (Phi) is 4.32. The van der Waals surface area contributed by atoms with Crippen molar-refractivity contribution in [2.24, 2.45) is 0 Å². The second-order valence-corrected chi connectivity index (χ2v) is 5.23. The van der Waals surface area contributed by atoms with Crippen LogP contribution < -0.4 is 0 Å². The zero-order chi connectivity index (χ0) is 14.0. The zero-order valence-electron chi connectivity index (χ0n) is 10.3. The van der Waals surface area contributed by atoms with Gasteiger partial charge in [-0.3, -0.25) is 0 Å². The molecule has 0 aliphatic carbocycles. The van der Waals surface area contributed by atoms with Crippen LogP contribution in [0.3, 0.4) is 0 Å². The molecule has 0 aliphatic rings. The Hall–Kier alpha value is -1.26. The number of halogens is 3. The Labute approximate surface area is 119 Å². The Bertz CT molecular complexity index is 578. The molecule has 0 saturated heterocycles. The summed E-state index contributed by atoms with van der Waals surface area (Å²) in [6, 6.07) is 9.09. The standard InChI is InChI=1S/C15H13BrF2O/c1-9-10(4-2-5-12(9)16)15(19)8-11-13(17)6-3-7-14(11)18/h2-7,15,19H,8H2,1H3. The lowest BCUT2D eigenvalue weighted by molar-refractivity contribution is 0.175. The van der Waals surface area contributed by atoms with E-state index in [1.807, 2.05) is 13.0 Å². The highest BCUT2D eigenvalue weighted by Gasteiger charge is 2.17. The number of aliphatic hydroxyl groups is 1. The van der Waals surface area contributed by atoms with E-state index in [2.05, 4.69) is 15.9 Å². The molecule has 1 N–H and O–H groups in total. The van der Waals surface area contributed by atoms with Gasteiger partial charge in [0.1, 0.15) is 11.6 Å². The first-order chi connectivity index (χ1) is 9.00. The fourth-order valence-electron chi connectivity index (χ4n) is 2.02. The fourth-order valence-corrected chi connectivity index (χ4v) is 2.40. The molecule has 0 saturated carbocycles. The molecule has 0 amide bonds. The molecule has 1 nitrogen and oxygen atoms in total. The Morgan fingerprint density at radius 3 is 2.32 bits per heavy atom. The maximum absolute atomic E-state index is 13.5. The summed E-state index contributed by atoms with van der Waals surface area (Å²) < 4.78 is 28.0. The summed E-state index contributed by atoms with van der Waals surface area (Å²) in [5.41, 5.74) is 1.44. The van der Waals surface area contributed by atoms with Crippen molar-refractivity contribution >= 4 is 15.9 Å². The van der Waals surface area contributed by atoms with E-state index in [0.29, 0.717) is 5.56 Å². The van der Waals surface area contributed by atoms with Gasteiger partial charge < -0.3 is 5.11 Å². The highest BCUT2D eigenvalue weighted by Crippen LogP contribution is 2.28. The van der Waals surface area contributed by atoms with Crippen LogP contribution in [0.2, 0.25) is 0 Å². The molecule has 4 heteroatoms. The third kappa shape index (κ3) is 3.01. The molecule has 2 aromatic carbocycles. The topological polar surface area (TPSA) is 20.2 Å². The van der Waals surface area contributed by atoms with E-state index in [1.165, 1.54) is 18.2 Å². The van der Waals surface area contributed by atoms with Crippen LogP contribution in [0.25, 0.3) is 0 Å². The number of benzene rings is 2. The molecule has 0 radical (unpaired) electrons. The lowest BCUT2D eigenvalue weighted by Crippen LogP contribution is -2.07. The summed E-state index contributed by atoms with van der Waals surface area (Å²) in [4.78, 5) is 0. The van der Waals surface area contributed by atoms with Gasteiger partial charge in [0.05, 0.1) is 6.10 Å². The average molecular weight is 327 g/mol. The second-order valence-electron chi connectivity index (χ2n) is 4.37. The average Bonchev–Trinajstić information content (AvgIpc) is 2.37. The summed E-state index contributed by atoms with van der Waals surface area (Å²) in [6.45, 7) is 1.85. The van der Waals surface area contributed by atoms with Crippen LogP contribution in [-0.4, -0.2) is 5.11 Å². The molecule has 1 atom stereocenters. The Morgan fingerprint density at radius 1 is 1.11 bits per heavy atom. The first-order valence-electron chi connectivity index (χ1n) is 5.86. The summed E-state index contributed by atoms with van der Waals surface area (Å²) >= 11 is 3.37. The van der Waals surface area contributed by atoms with Gasteiger partial charge in [-0.25, -0.2) is 8.78 Å². The maximum atomic E-state index is 13.5. The SMILES string of the molecule is Cc1c(Br)cccc1C(O)Cc1c(F)cccc1F. The second kappa shape index (κ2) is 5.80. The normalized spacial score (nSPS) is 12.5. The third-order valence-corrected chi connectivity index (χ3v) is 3.99. The van der Waals surface area contributed by atoms with Crippen LogP contribution >= 0.6 is 15.9 Å². The molecule has 100 valence electrons. The van der Waals surface area contributed by atoms with Crippen LogP contribution in [-0.2, 0) is 6.42 Å². The van der Waals surface area contributed by atoms with Crippen molar-refractivity contribution in [1.29, 1.82) is 0 Å². The summed E-state index contributed by atoms with van der Waals surface area (Å²) in [7, 11) is 0. The van der Waals surface area contributed by atoms with Crippen molar-refractivity contribution < 1.29 is 13.9 Å². The van der Waals surface area contributed by atoms with E-state index in [1.54, 1.807) is 12.1 Å². The van der Waals surface area contributed by atoms with Gasteiger partial charge in [0.2, 0.25) is 0 Å². The van der Waals surface area contributed by atoms with Crippen molar-refractivity contribution in [2.75, 3.05) is 0 Å². The van der Waals surface area contributed by atoms with Crippen LogP contribution in [0.15, 0.2) is 40.9 Å². The summed E-state index contributed by atoms with van der Waals surface area (Å²) in [6.07, 6.45) is -1.03. The first kappa shape index (κ1) is 14.2. The number of aliphatic hydroxyl groups excluding tert-OH is 1. The highest BCUT2D eigenvalue weighted by atomic mass is 79.9. The predicted octanol–water partition coefficient (Wildman–Crippen LogP) is 4.31. The monoisotopic (exact) mass is 326 g/mol. The minimum Gasteiger partial charge on any atom is -0.388 e. The van der Waals surface area contributed by atoms with Gasteiger partial charge in [-0.05, 0) is 36.2 Å². The van der Waals surface area contributed by atoms with Crippen molar-refractivity contribution in [2.45, 2.75) is 19.4 Å². The molecule has 0 aromatic heterocycles. The molecule has 0 aliphatic heterocycles. The van der Waals surface area contributed by atoms with E-state index in [9.17, 15) is 13.9 Å². The Morgan fingerprint density at radius 2 is 1.68 bits per heavy atom. The molecule has 2 rings (SSSR count). The van der Waals surface area contributed by atoms with Gasteiger partial charge in [-0.1, -0.05) is 34.1 Å². The third-order valence-electron chi connectivity index (χ3n) is 3.13. The van der Waals surface area contributed by atoms with E-state index in [0.717, 1.165) is 10.0 Å². The van der Waals surface area contributed by atoms with Crippen LogP contribution in [0.4, 0.5) is 8.78 Å². The van der Waals surface area contributed by atoms with Crippen LogP contribution in [0.1, 0.15) is 22.8 Å². The molecule has 1 unspecified atom stereocenters. The van der Waals surface area contributed by atoms with Gasteiger partial charge in [-0.15, -0.1) is 0 Å². The molecule has 2 aromatic rings. The first-order valence-corrected chi connectivity index (χ1v) is 6.66. The van der Waals surface area contributed by atoms with Crippen LogP contribution in [0, 0.1) is 18.6 Å². The molecule has 0 bridgehead atoms. The molecule has 0 heterocycles. The highest BCUT2D eigenvalue weighted by molar-refractivity contribution is 9.10. The predicted molar refractivity (Wildman–Crippen MR) is 73.9 cm³/mol. The fraction of sp³-hybridized carbons (Fsp3) is 0.200. The largest absolute Gasteiger partial charge is 0.388 e. The smallest absolute Gasteiger partial charge is 0.129 e. The van der Waals surface area contributed by atoms with E-state index in [4.69, 9.17) is 0 Å². The molecular weight excluding hydrogens is 314 g/mol. The molecule has 19 heavy (non-hydrogen) atoms. The lowest BCUT2D eigenvalue weighted by atomic mass is 9.97. The molecule has 0 fully saturated rings. The van der Waals surface area contributed by atoms with Gasteiger partial charge in [0, 0.05) is 16.5 Å². The summed E-state index contributed by atoms with van der Waals surface area (Å²) in [5, 5.41) is 10.2. The number of rotatable bonds is 3. The van der Waals surface area contributed by atoms with E-state index < -0.39 is 17.7 Å². The van der Waals surface area contributed by atoms with E-state index >= 15 is 0 Å². The quantitative estimate of drug-likeness (QED) is 0.891. The van der Waals surface area contributed by atoms with Crippen LogP contribution in [0.5, 0.6) is 0 Å². The van der Waals surface area contributed by atoms with Crippen molar-refractivity contribution in [3.63, 3.8) is 0 Å². The lowest BCUT2D eigenvalue weighted by Gasteiger charge is -2.15. The van der Waals surface area contributed by atoms with Gasteiger partial charge in [-0.2, -0.15) is 0 Å². The van der Waals surface area contributed by atoms with Gasteiger partial charge in [0.25, 0.3) is 0 Å². The zero-order valence-corrected chi connectivity index (χ0v) is 11.9. The molecule has 0 spiro atoms. The maximum Gasteiger partial charge on any atom is 0.129 e. The van der Waals surface area contributed by atoms with E-state index in [-0.39, 0.29) is 12.0 Å². The van der Waals surface area contributed by atoms with Gasteiger partial charge >= 0.3 is 0 Å². The van der Waals surface area contributed by atoms with Crippen molar-refractivity contribution in [1.82, 2.24) is 0 Å². The Balaban J connectivity index is 2.31.